The number of hydrogen-bond donors (Lipinski definition) is 0. The van der Waals surface area contributed by atoms with E-state index in [2.05, 4.69) is 18.7 Å². The third-order valence-electron chi connectivity index (χ3n) is 3.59. The van der Waals surface area contributed by atoms with Crippen molar-refractivity contribution in [1.29, 1.82) is 0 Å². The van der Waals surface area contributed by atoms with E-state index in [9.17, 15) is 4.79 Å². The van der Waals surface area contributed by atoms with E-state index in [0.717, 1.165) is 12.3 Å². The molecule has 0 aliphatic carbocycles. The molecule has 1 nitrogen and oxygen atoms in total. The van der Waals surface area contributed by atoms with Crippen LogP contribution in [0, 0.1) is 11.8 Å². The van der Waals surface area contributed by atoms with Crippen LogP contribution in [0.25, 0.3) is 0 Å². The first kappa shape index (κ1) is 14.1. The van der Waals surface area contributed by atoms with E-state index >= 15 is 0 Å². The van der Waals surface area contributed by atoms with Gasteiger partial charge in [-0.15, -0.1) is 0 Å². The van der Waals surface area contributed by atoms with Gasteiger partial charge in [-0.25, -0.2) is 0 Å². The van der Waals surface area contributed by atoms with Crippen LogP contribution in [0.5, 0.6) is 0 Å². The molecule has 0 bridgehead atoms. The van der Waals surface area contributed by atoms with Gasteiger partial charge >= 0.3 is 0 Å². The van der Waals surface area contributed by atoms with E-state index in [1.54, 1.807) is 6.92 Å². The molecule has 1 aliphatic heterocycles. The summed E-state index contributed by atoms with van der Waals surface area (Å²) in [6.07, 6.45) is 8.75. The molecule has 1 rings (SSSR count). The summed E-state index contributed by atoms with van der Waals surface area (Å²) in [5.74, 6) is 4.51. The number of ketones is 1. The van der Waals surface area contributed by atoms with E-state index in [4.69, 9.17) is 0 Å². The van der Waals surface area contributed by atoms with Crippen LogP contribution in [-0.2, 0) is 4.79 Å². The highest BCUT2D eigenvalue weighted by atomic mass is 32.2. The van der Waals surface area contributed by atoms with Gasteiger partial charge in [0.2, 0.25) is 0 Å². The molecular formula is C14H26OS. The molecule has 1 aliphatic rings. The van der Waals surface area contributed by atoms with Crippen molar-refractivity contribution in [3.8, 4) is 0 Å². The second-order valence-corrected chi connectivity index (χ2v) is 6.29. The standard InChI is InChI=1S/C14H26OS/c1-3-4-5-7-13(10-12(2)15)14-8-6-9-16-11-14/h13-14H,3-11H2,1-2H3. The number of carbonyl (C=O) groups excluding carboxylic acids is 1. The zero-order valence-corrected chi connectivity index (χ0v) is 11.7. The monoisotopic (exact) mass is 242 g/mol. The van der Waals surface area contributed by atoms with Gasteiger partial charge in [-0.1, -0.05) is 26.2 Å². The summed E-state index contributed by atoms with van der Waals surface area (Å²) >= 11 is 2.09. The molecule has 0 aromatic rings. The van der Waals surface area contributed by atoms with Gasteiger partial charge in [0, 0.05) is 6.42 Å². The van der Waals surface area contributed by atoms with Crippen molar-refractivity contribution in [1.82, 2.24) is 0 Å². The van der Waals surface area contributed by atoms with Crippen LogP contribution >= 0.6 is 11.8 Å². The minimum Gasteiger partial charge on any atom is -0.300 e. The normalized spacial score (nSPS) is 23.0. The van der Waals surface area contributed by atoms with Gasteiger partial charge in [0.25, 0.3) is 0 Å². The van der Waals surface area contributed by atoms with Gasteiger partial charge in [-0.05, 0) is 49.5 Å². The molecule has 0 saturated carbocycles. The van der Waals surface area contributed by atoms with Crippen LogP contribution < -0.4 is 0 Å². The van der Waals surface area contributed by atoms with Gasteiger partial charge in [0.15, 0.2) is 0 Å². The Bertz CT molecular complexity index is 197. The number of unbranched alkanes of at least 4 members (excludes halogenated alkanes) is 2. The minimum atomic E-state index is 0.386. The summed E-state index contributed by atoms with van der Waals surface area (Å²) in [7, 11) is 0. The number of Topliss-reactive ketones (excluding diaryl/α,β-unsaturated/α-hetero) is 1. The zero-order chi connectivity index (χ0) is 11.8. The van der Waals surface area contributed by atoms with Crippen molar-refractivity contribution in [3.63, 3.8) is 0 Å². The minimum absolute atomic E-state index is 0.386. The quantitative estimate of drug-likeness (QED) is 0.619. The molecule has 2 unspecified atom stereocenters. The highest BCUT2D eigenvalue weighted by Gasteiger charge is 2.24. The molecule has 16 heavy (non-hydrogen) atoms. The average Bonchev–Trinajstić information content (AvgIpc) is 2.29. The summed E-state index contributed by atoms with van der Waals surface area (Å²) in [4.78, 5) is 11.3. The van der Waals surface area contributed by atoms with E-state index in [1.807, 2.05) is 0 Å². The lowest BCUT2D eigenvalue weighted by molar-refractivity contribution is -0.118. The van der Waals surface area contributed by atoms with E-state index < -0.39 is 0 Å². The molecule has 2 atom stereocenters. The Labute approximate surface area is 105 Å². The highest BCUT2D eigenvalue weighted by molar-refractivity contribution is 7.99. The second-order valence-electron chi connectivity index (χ2n) is 5.14. The van der Waals surface area contributed by atoms with Crippen LogP contribution in [0.3, 0.4) is 0 Å². The first-order chi connectivity index (χ1) is 7.74. The maximum atomic E-state index is 11.3. The van der Waals surface area contributed by atoms with Crippen molar-refractivity contribution in [3.05, 3.63) is 0 Å². The largest absolute Gasteiger partial charge is 0.300 e. The summed E-state index contributed by atoms with van der Waals surface area (Å²) < 4.78 is 0. The molecule has 0 aromatic heterocycles. The van der Waals surface area contributed by atoms with Gasteiger partial charge in [0.05, 0.1) is 0 Å². The fourth-order valence-electron chi connectivity index (χ4n) is 2.67. The third-order valence-corrected chi connectivity index (χ3v) is 4.83. The molecule has 1 fully saturated rings. The Morgan fingerprint density at radius 1 is 1.44 bits per heavy atom. The van der Waals surface area contributed by atoms with E-state index in [0.29, 0.717) is 11.7 Å². The topological polar surface area (TPSA) is 17.1 Å². The summed E-state index contributed by atoms with van der Waals surface area (Å²) in [5, 5.41) is 0. The van der Waals surface area contributed by atoms with E-state index in [-0.39, 0.29) is 0 Å². The zero-order valence-electron chi connectivity index (χ0n) is 10.8. The Morgan fingerprint density at radius 2 is 2.25 bits per heavy atom. The average molecular weight is 242 g/mol. The van der Waals surface area contributed by atoms with Gasteiger partial charge in [-0.2, -0.15) is 11.8 Å². The van der Waals surface area contributed by atoms with Crippen LogP contribution in [0.1, 0.15) is 58.8 Å². The lowest BCUT2D eigenvalue weighted by Crippen LogP contribution is -2.23. The Morgan fingerprint density at radius 3 is 2.81 bits per heavy atom. The van der Waals surface area contributed by atoms with Crippen molar-refractivity contribution < 1.29 is 4.79 Å². The molecule has 0 spiro atoms. The van der Waals surface area contributed by atoms with Crippen molar-refractivity contribution in [2.45, 2.75) is 58.8 Å². The summed E-state index contributed by atoms with van der Waals surface area (Å²) in [5.41, 5.74) is 0. The fraction of sp³-hybridized carbons (Fsp3) is 0.929. The smallest absolute Gasteiger partial charge is 0.130 e. The summed E-state index contributed by atoms with van der Waals surface area (Å²) in [6, 6.07) is 0. The lowest BCUT2D eigenvalue weighted by atomic mass is 9.82. The van der Waals surface area contributed by atoms with Crippen LogP contribution in [0.2, 0.25) is 0 Å². The second kappa shape index (κ2) is 8.16. The van der Waals surface area contributed by atoms with Gasteiger partial charge < -0.3 is 4.79 Å². The van der Waals surface area contributed by atoms with Gasteiger partial charge in [0.1, 0.15) is 5.78 Å². The Balaban J connectivity index is 2.37. The highest BCUT2D eigenvalue weighted by Crippen LogP contribution is 2.33. The third kappa shape index (κ3) is 5.38. The molecule has 0 radical (unpaired) electrons. The van der Waals surface area contributed by atoms with Crippen molar-refractivity contribution >= 4 is 17.5 Å². The van der Waals surface area contributed by atoms with Gasteiger partial charge in [-0.3, -0.25) is 0 Å². The predicted molar refractivity (Wildman–Crippen MR) is 73.0 cm³/mol. The first-order valence-electron chi connectivity index (χ1n) is 6.81. The van der Waals surface area contributed by atoms with Crippen LogP contribution in [0.15, 0.2) is 0 Å². The molecule has 94 valence electrons. The fourth-order valence-corrected chi connectivity index (χ4v) is 3.95. The lowest BCUT2D eigenvalue weighted by Gasteiger charge is -2.29. The number of carbonyl (C=O) groups is 1. The maximum Gasteiger partial charge on any atom is 0.130 e. The maximum absolute atomic E-state index is 11.3. The molecule has 0 amide bonds. The molecule has 2 heteroatoms. The number of rotatable bonds is 7. The molecular weight excluding hydrogens is 216 g/mol. The SMILES string of the molecule is CCCCCC(CC(C)=O)C1CCCSC1. The van der Waals surface area contributed by atoms with E-state index in [1.165, 1.54) is 50.0 Å². The van der Waals surface area contributed by atoms with Crippen LogP contribution in [-0.4, -0.2) is 17.3 Å². The van der Waals surface area contributed by atoms with Crippen molar-refractivity contribution in [2.24, 2.45) is 11.8 Å². The molecule has 0 N–H and O–H groups in total. The molecule has 0 aromatic carbocycles. The summed E-state index contributed by atoms with van der Waals surface area (Å²) in [6.45, 7) is 4.00. The molecule has 1 saturated heterocycles. The van der Waals surface area contributed by atoms with Crippen LogP contribution in [0.4, 0.5) is 0 Å². The first-order valence-corrected chi connectivity index (χ1v) is 7.96. The number of thioether (sulfide) groups is 1. The van der Waals surface area contributed by atoms with Crippen molar-refractivity contribution in [2.75, 3.05) is 11.5 Å². The molecule has 1 heterocycles. The number of hydrogen-bond acceptors (Lipinski definition) is 2. The Kier molecular flexibility index (Phi) is 7.18. The Hall–Kier alpha value is 0.0200. The predicted octanol–water partition coefficient (Wildman–Crippen LogP) is 4.31.